The minimum atomic E-state index is 0.125. The van der Waals surface area contributed by atoms with Crippen molar-refractivity contribution in [1.82, 2.24) is 4.98 Å². The Hall–Kier alpha value is -1.35. The minimum absolute atomic E-state index is 0.125. The molecule has 0 bridgehead atoms. The fourth-order valence-electron chi connectivity index (χ4n) is 1.98. The van der Waals surface area contributed by atoms with Crippen molar-refractivity contribution in [2.24, 2.45) is 0 Å². The number of nitrogens with zero attached hydrogens (tertiary/aromatic N) is 1. The molecule has 19 heavy (non-hydrogen) atoms. The maximum atomic E-state index is 4.72. The van der Waals surface area contributed by atoms with Crippen LogP contribution in [0.15, 0.2) is 30.3 Å². The first-order valence-electron chi connectivity index (χ1n) is 6.67. The molecular formula is C16H22N2S. The lowest BCUT2D eigenvalue weighted by Crippen LogP contribution is -2.10. The molecule has 0 spiro atoms. The number of aryl methyl sites for hydroxylation is 1. The van der Waals surface area contributed by atoms with Crippen molar-refractivity contribution in [3.63, 3.8) is 0 Å². The first-order valence-corrected chi connectivity index (χ1v) is 7.49. The van der Waals surface area contributed by atoms with Crippen LogP contribution >= 0.6 is 11.3 Å². The van der Waals surface area contributed by atoms with Gasteiger partial charge in [0.2, 0.25) is 0 Å². The molecule has 0 saturated heterocycles. The number of hydrogen-bond acceptors (Lipinski definition) is 3. The van der Waals surface area contributed by atoms with Crippen LogP contribution in [-0.4, -0.2) is 4.98 Å². The predicted molar refractivity (Wildman–Crippen MR) is 84.0 cm³/mol. The zero-order valence-corrected chi connectivity index (χ0v) is 13.1. The quantitative estimate of drug-likeness (QED) is 0.859. The summed E-state index contributed by atoms with van der Waals surface area (Å²) in [6.45, 7) is 10.9. The lowest BCUT2D eigenvalue weighted by atomic mass is 9.98. The van der Waals surface area contributed by atoms with E-state index in [4.69, 9.17) is 4.98 Å². The normalized spacial score (nSPS) is 13.3. The Morgan fingerprint density at radius 3 is 2.32 bits per heavy atom. The molecule has 0 fully saturated rings. The van der Waals surface area contributed by atoms with E-state index in [0.29, 0.717) is 0 Å². The van der Waals surface area contributed by atoms with E-state index in [9.17, 15) is 0 Å². The molecule has 3 heteroatoms. The van der Waals surface area contributed by atoms with Gasteiger partial charge in [0.1, 0.15) is 0 Å². The van der Waals surface area contributed by atoms with Crippen molar-refractivity contribution >= 4 is 17.0 Å². The van der Waals surface area contributed by atoms with Crippen LogP contribution in [0.4, 0.5) is 5.69 Å². The predicted octanol–water partition coefficient (Wildman–Crippen LogP) is 4.92. The van der Waals surface area contributed by atoms with E-state index in [1.807, 2.05) is 17.4 Å². The van der Waals surface area contributed by atoms with Crippen LogP contribution in [0, 0.1) is 6.92 Å². The number of para-hydroxylation sites is 1. The van der Waals surface area contributed by atoms with Crippen LogP contribution in [0.5, 0.6) is 0 Å². The lowest BCUT2D eigenvalue weighted by molar-refractivity contribution is 0.584. The fourth-order valence-corrected chi connectivity index (χ4v) is 3.11. The second-order valence-corrected chi connectivity index (χ2v) is 6.98. The molecule has 1 N–H and O–H groups in total. The van der Waals surface area contributed by atoms with Crippen LogP contribution in [0.25, 0.3) is 0 Å². The van der Waals surface area contributed by atoms with Gasteiger partial charge in [-0.1, -0.05) is 39.0 Å². The molecule has 0 saturated carbocycles. The van der Waals surface area contributed by atoms with Gasteiger partial charge in [0, 0.05) is 16.0 Å². The van der Waals surface area contributed by atoms with Gasteiger partial charge in [-0.25, -0.2) is 4.98 Å². The number of anilines is 1. The summed E-state index contributed by atoms with van der Waals surface area (Å²) in [5.74, 6) is 0. The van der Waals surface area contributed by atoms with Crippen molar-refractivity contribution in [3.05, 3.63) is 45.9 Å². The summed E-state index contributed by atoms with van der Waals surface area (Å²) in [7, 11) is 0. The van der Waals surface area contributed by atoms with E-state index < -0.39 is 0 Å². The SMILES string of the molecule is Cc1nc(C(C)(C)C)sc1C(C)Nc1ccccc1. The summed E-state index contributed by atoms with van der Waals surface area (Å²) in [5, 5.41) is 4.74. The van der Waals surface area contributed by atoms with Crippen molar-refractivity contribution in [1.29, 1.82) is 0 Å². The molecule has 0 radical (unpaired) electrons. The first-order chi connectivity index (χ1) is 8.88. The Morgan fingerprint density at radius 2 is 1.79 bits per heavy atom. The smallest absolute Gasteiger partial charge is 0.0985 e. The highest BCUT2D eigenvalue weighted by molar-refractivity contribution is 7.12. The number of aromatic nitrogens is 1. The molecule has 0 amide bonds. The van der Waals surface area contributed by atoms with Gasteiger partial charge in [0.25, 0.3) is 0 Å². The van der Waals surface area contributed by atoms with Crippen LogP contribution in [0.2, 0.25) is 0 Å². The summed E-state index contributed by atoms with van der Waals surface area (Å²) >= 11 is 1.82. The zero-order chi connectivity index (χ0) is 14.0. The highest BCUT2D eigenvalue weighted by atomic mass is 32.1. The van der Waals surface area contributed by atoms with Crippen LogP contribution in [-0.2, 0) is 5.41 Å². The van der Waals surface area contributed by atoms with E-state index in [-0.39, 0.29) is 11.5 Å². The van der Waals surface area contributed by atoms with Crippen molar-refractivity contribution in [2.75, 3.05) is 5.32 Å². The number of hydrogen-bond donors (Lipinski definition) is 1. The molecule has 0 aliphatic carbocycles. The average Bonchev–Trinajstić information content (AvgIpc) is 2.72. The zero-order valence-electron chi connectivity index (χ0n) is 12.3. The van der Waals surface area contributed by atoms with Gasteiger partial charge >= 0.3 is 0 Å². The molecule has 102 valence electrons. The maximum absolute atomic E-state index is 4.72. The fraction of sp³-hybridized carbons (Fsp3) is 0.438. The van der Waals surface area contributed by atoms with Gasteiger partial charge in [0.15, 0.2) is 0 Å². The second kappa shape index (κ2) is 5.33. The third-order valence-corrected chi connectivity index (χ3v) is 4.79. The summed E-state index contributed by atoms with van der Waals surface area (Å²) < 4.78 is 0. The van der Waals surface area contributed by atoms with Gasteiger partial charge in [0.05, 0.1) is 16.7 Å². The lowest BCUT2D eigenvalue weighted by Gasteiger charge is -2.15. The standard InChI is InChI=1S/C16H22N2S/c1-11(17-13-9-7-6-8-10-13)14-12(2)18-15(19-14)16(3,4)5/h6-11,17H,1-5H3. The molecule has 2 rings (SSSR count). The van der Waals surface area contributed by atoms with Gasteiger partial charge in [-0.05, 0) is 26.0 Å². The molecule has 1 aromatic heterocycles. The third-order valence-electron chi connectivity index (χ3n) is 3.02. The van der Waals surface area contributed by atoms with E-state index in [1.165, 1.54) is 9.88 Å². The Morgan fingerprint density at radius 1 is 1.16 bits per heavy atom. The van der Waals surface area contributed by atoms with E-state index in [1.54, 1.807) is 0 Å². The van der Waals surface area contributed by atoms with Crippen molar-refractivity contribution in [3.8, 4) is 0 Å². The van der Waals surface area contributed by atoms with Gasteiger partial charge in [-0.3, -0.25) is 0 Å². The van der Waals surface area contributed by atoms with Crippen molar-refractivity contribution < 1.29 is 0 Å². The third kappa shape index (κ3) is 3.35. The van der Waals surface area contributed by atoms with Gasteiger partial charge < -0.3 is 5.32 Å². The number of rotatable bonds is 3. The van der Waals surface area contributed by atoms with E-state index >= 15 is 0 Å². The monoisotopic (exact) mass is 274 g/mol. The highest BCUT2D eigenvalue weighted by Gasteiger charge is 2.22. The molecule has 0 aliphatic rings. The number of benzene rings is 1. The first kappa shape index (κ1) is 14.1. The topological polar surface area (TPSA) is 24.9 Å². The summed E-state index contributed by atoms with van der Waals surface area (Å²) in [5.41, 5.74) is 2.42. The average molecular weight is 274 g/mol. The molecule has 1 aromatic carbocycles. The molecule has 2 nitrogen and oxygen atoms in total. The number of thiazole rings is 1. The second-order valence-electron chi connectivity index (χ2n) is 5.95. The molecule has 1 heterocycles. The van der Waals surface area contributed by atoms with Crippen LogP contribution in [0.3, 0.4) is 0 Å². The molecule has 1 unspecified atom stereocenters. The largest absolute Gasteiger partial charge is 0.378 e. The van der Waals surface area contributed by atoms with Crippen LogP contribution in [0.1, 0.15) is 49.3 Å². The minimum Gasteiger partial charge on any atom is -0.378 e. The van der Waals surface area contributed by atoms with Gasteiger partial charge in [-0.15, -0.1) is 11.3 Å². The van der Waals surface area contributed by atoms with E-state index in [0.717, 1.165) is 11.4 Å². The van der Waals surface area contributed by atoms with Crippen LogP contribution < -0.4 is 5.32 Å². The molecular weight excluding hydrogens is 252 g/mol. The van der Waals surface area contributed by atoms with E-state index in [2.05, 4.69) is 64.2 Å². The maximum Gasteiger partial charge on any atom is 0.0985 e. The molecule has 0 aliphatic heterocycles. The Bertz CT molecular complexity index is 538. The highest BCUT2D eigenvalue weighted by Crippen LogP contribution is 2.33. The Kier molecular flexibility index (Phi) is 3.95. The number of nitrogens with one attached hydrogen (secondary N) is 1. The molecule has 1 atom stereocenters. The molecule has 2 aromatic rings. The van der Waals surface area contributed by atoms with Crippen molar-refractivity contribution in [2.45, 2.75) is 46.1 Å². The summed E-state index contributed by atoms with van der Waals surface area (Å²) in [4.78, 5) is 6.05. The Balaban J connectivity index is 2.20. The summed E-state index contributed by atoms with van der Waals surface area (Å²) in [6, 6.07) is 10.6. The van der Waals surface area contributed by atoms with Gasteiger partial charge in [-0.2, -0.15) is 0 Å². The Labute approximate surface area is 119 Å². The summed E-state index contributed by atoms with van der Waals surface area (Å²) in [6.07, 6.45) is 0.